The quantitative estimate of drug-likeness (QED) is 0.457. The first-order valence-electron chi connectivity index (χ1n) is 6.92. The zero-order valence-electron chi connectivity index (χ0n) is 12.9. The van der Waals surface area contributed by atoms with Crippen molar-refractivity contribution < 1.29 is 14.1 Å². The van der Waals surface area contributed by atoms with Gasteiger partial charge in [0.2, 0.25) is 0 Å². The van der Waals surface area contributed by atoms with Gasteiger partial charge >= 0.3 is 5.97 Å². The number of nitrogens with one attached hydrogen (secondary N) is 1. The van der Waals surface area contributed by atoms with Crippen molar-refractivity contribution in [3.63, 3.8) is 0 Å². The molecule has 10 heteroatoms. The average molecular weight is 367 g/mol. The van der Waals surface area contributed by atoms with Crippen LogP contribution in [-0.2, 0) is 28.0 Å². The highest BCUT2D eigenvalue weighted by Gasteiger charge is 2.19. The Morgan fingerprint density at radius 2 is 2.12 bits per heavy atom. The summed E-state index contributed by atoms with van der Waals surface area (Å²) in [5.41, 5.74) is 6.98. The molecule has 2 rings (SSSR count). The Hall–Kier alpha value is -2.04. The first kappa shape index (κ1) is 18.3. The molecule has 8 nitrogen and oxygen atoms in total. The summed E-state index contributed by atoms with van der Waals surface area (Å²) in [6.07, 6.45) is 3.12. The van der Waals surface area contributed by atoms with E-state index >= 15 is 0 Å². The smallest absolute Gasteiger partial charge is 0.322 e. The van der Waals surface area contributed by atoms with E-state index in [1.807, 2.05) is 6.07 Å². The highest BCUT2D eigenvalue weighted by atomic mass is 32.2. The standard InChI is InChI=1S/C14H17N5O3S2/c1-24(22)19-11(13(20)21)7-9-3-2-4-10(17-9)8-23-14-16-6-5-12(15)18-14/h2-6,11,19H,7-8H2,1H3,(H,20,21)(H2,15,16,18). The van der Waals surface area contributed by atoms with Crippen LogP contribution >= 0.6 is 11.8 Å². The molecule has 128 valence electrons. The number of carboxylic acids is 1. The number of aliphatic carboxylic acids is 1. The van der Waals surface area contributed by atoms with Crippen LogP contribution in [0.5, 0.6) is 0 Å². The molecule has 0 radical (unpaired) electrons. The molecule has 4 N–H and O–H groups in total. The van der Waals surface area contributed by atoms with Gasteiger partial charge in [-0.15, -0.1) is 0 Å². The predicted octanol–water partition coefficient (Wildman–Crippen LogP) is 0.625. The van der Waals surface area contributed by atoms with Crippen molar-refractivity contribution in [2.45, 2.75) is 23.4 Å². The van der Waals surface area contributed by atoms with E-state index in [4.69, 9.17) is 5.73 Å². The molecule has 0 aliphatic heterocycles. The second kappa shape index (κ2) is 8.71. The van der Waals surface area contributed by atoms with Crippen LogP contribution in [-0.4, -0.2) is 42.5 Å². The molecule has 2 heterocycles. The van der Waals surface area contributed by atoms with Crippen molar-refractivity contribution in [3.8, 4) is 0 Å². The fourth-order valence-corrected chi connectivity index (χ4v) is 3.20. The van der Waals surface area contributed by atoms with Crippen molar-refractivity contribution in [1.82, 2.24) is 19.7 Å². The number of thioether (sulfide) groups is 1. The second-order valence-corrected chi connectivity index (χ2v) is 6.93. The van der Waals surface area contributed by atoms with Crippen molar-refractivity contribution in [2.75, 3.05) is 12.0 Å². The van der Waals surface area contributed by atoms with E-state index in [1.54, 1.807) is 24.4 Å². The van der Waals surface area contributed by atoms with Crippen molar-refractivity contribution >= 4 is 34.5 Å². The Balaban J connectivity index is 2.02. The molecule has 0 saturated carbocycles. The topological polar surface area (TPSA) is 131 Å². The Morgan fingerprint density at radius 1 is 1.38 bits per heavy atom. The van der Waals surface area contributed by atoms with Crippen molar-refractivity contribution in [1.29, 1.82) is 0 Å². The summed E-state index contributed by atoms with van der Waals surface area (Å²) >= 11 is 1.39. The number of nitrogens with two attached hydrogens (primary N) is 1. The molecule has 0 aromatic carbocycles. The summed E-state index contributed by atoms with van der Waals surface area (Å²) in [7, 11) is -1.42. The number of carboxylic acid groups (broad SMARTS) is 1. The molecular weight excluding hydrogens is 350 g/mol. The first-order chi connectivity index (χ1) is 11.4. The van der Waals surface area contributed by atoms with E-state index in [2.05, 4.69) is 19.7 Å². The third-order valence-corrected chi connectivity index (χ3v) is 4.40. The third-order valence-electron chi connectivity index (χ3n) is 2.89. The van der Waals surface area contributed by atoms with Gasteiger partial charge in [-0.25, -0.2) is 18.9 Å². The van der Waals surface area contributed by atoms with Gasteiger partial charge < -0.3 is 10.8 Å². The molecule has 0 bridgehead atoms. The maximum atomic E-state index is 11.2. The first-order valence-corrected chi connectivity index (χ1v) is 9.47. The molecule has 0 saturated heterocycles. The van der Waals surface area contributed by atoms with Crippen LogP contribution in [0.3, 0.4) is 0 Å². The highest BCUT2D eigenvalue weighted by molar-refractivity contribution is 7.98. The molecular formula is C14H17N5O3S2. The van der Waals surface area contributed by atoms with Crippen molar-refractivity contribution in [2.24, 2.45) is 0 Å². The van der Waals surface area contributed by atoms with Gasteiger partial charge in [-0.3, -0.25) is 9.78 Å². The van der Waals surface area contributed by atoms with Crippen LogP contribution in [0.2, 0.25) is 0 Å². The molecule has 0 aliphatic rings. The summed E-state index contributed by atoms with van der Waals surface area (Å²) in [4.78, 5) is 23.8. The van der Waals surface area contributed by atoms with Gasteiger partial charge in [-0.1, -0.05) is 17.8 Å². The van der Waals surface area contributed by atoms with Crippen LogP contribution in [0, 0.1) is 0 Å². The number of anilines is 1. The van der Waals surface area contributed by atoms with Gasteiger partial charge in [0.1, 0.15) is 11.9 Å². The van der Waals surface area contributed by atoms with Gasteiger partial charge in [0.05, 0.1) is 16.7 Å². The molecule has 2 aromatic rings. The van der Waals surface area contributed by atoms with E-state index in [0.29, 0.717) is 22.4 Å². The summed E-state index contributed by atoms with van der Waals surface area (Å²) in [5.74, 6) is -0.139. The van der Waals surface area contributed by atoms with E-state index in [1.165, 1.54) is 18.0 Å². The Morgan fingerprint density at radius 3 is 2.79 bits per heavy atom. The normalized spacial score (nSPS) is 13.4. The number of hydrogen-bond acceptors (Lipinski definition) is 7. The van der Waals surface area contributed by atoms with Gasteiger partial charge in [0, 0.05) is 30.3 Å². The second-order valence-electron chi connectivity index (χ2n) is 4.84. The number of rotatable bonds is 8. The molecule has 2 aromatic heterocycles. The Bertz CT molecular complexity index is 744. The lowest BCUT2D eigenvalue weighted by Crippen LogP contribution is -2.39. The van der Waals surface area contributed by atoms with Gasteiger partial charge in [-0.05, 0) is 18.2 Å². The summed E-state index contributed by atoms with van der Waals surface area (Å²) < 4.78 is 13.7. The van der Waals surface area contributed by atoms with Crippen LogP contribution in [0.15, 0.2) is 35.6 Å². The van der Waals surface area contributed by atoms with Crippen LogP contribution < -0.4 is 10.5 Å². The maximum absolute atomic E-state index is 11.2. The number of aromatic nitrogens is 3. The predicted molar refractivity (Wildman–Crippen MR) is 92.6 cm³/mol. The van der Waals surface area contributed by atoms with Gasteiger partial charge in [0.15, 0.2) is 5.16 Å². The Labute approximate surface area is 145 Å². The van der Waals surface area contributed by atoms with E-state index in [9.17, 15) is 14.1 Å². The molecule has 0 aliphatic carbocycles. The lowest BCUT2D eigenvalue weighted by Gasteiger charge is -2.12. The monoisotopic (exact) mass is 367 g/mol. The molecule has 2 unspecified atom stereocenters. The summed E-state index contributed by atoms with van der Waals surface area (Å²) in [6.45, 7) is 0. The van der Waals surface area contributed by atoms with Crippen LogP contribution in [0.4, 0.5) is 5.82 Å². The number of pyridine rings is 1. The minimum Gasteiger partial charge on any atom is -0.480 e. The summed E-state index contributed by atoms with van der Waals surface area (Å²) in [6, 6.07) is 6.04. The summed E-state index contributed by atoms with van der Waals surface area (Å²) in [5, 5.41) is 9.72. The lowest BCUT2D eigenvalue weighted by atomic mass is 10.1. The van der Waals surface area contributed by atoms with Crippen LogP contribution in [0.1, 0.15) is 11.4 Å². The minimum absolute atomic E-state index is 0.141. The van der Waals surface area contributed by atoms with Crippen molar-refractivity contribution in [3.05, 3.63) is 41.9 Å². The molecule has 0 spiro atoms. The fourth-order valence-electron chi connectivity index (χ4n) is 1.87. The molecule has 0 amide bonds. The Kier molecular flexibility index (Phi) is 6.64. The number of hydrogen-bond donors (Lipinski definition) is 3. The zero-order valence-corrected chi connectivity index (χ0v) is 14.5. The number of nitrogen functional groups attached to an aromatic ring is 1. The number of carbonyl (C=O) groups is 1. The largest absolute Gasteiger partial charge is 0.480 e. The zero-order chi connectivity index (χ0) is 17.5. The minimum atomic E-state index is -1.42. The van der Waals surface area contributed by atoms with E-state index < -0.39 is 23.0 Å². The fraction of sp³-hybridized carbons (Fsp3) is 0.286. The van der Waals surface area contributed by atoms with Crippen LogP contribution in [0.25, 0.3) is 0 Å². The molecule has 0 fully saturated rings. The van der Waals surface area contributed by atoms with E-state index in [-0.39, 0.29) is 6.42 Å². The average Bonchev–Trinajstić information content (AvgIpc) is 2.52. The lowest BCUT2D eigenvalue weighted by molar-refractivity contribution is -0.138. The highest BCUT2D eigenvalue weighted by Crippen LogP contribution is 2.18. The van der Waals surface area contributed by atoms with E-state index in [0.717, 1.165) is 5.69 Å². The molecule has 24 heavy (non-hydrogen) atoms. The molecule has 2 atom stereocenters. The SMILES string of the molecule is CS(=O)NC(Cc1cccc(CSc2nccc(N)n2)n1)C(=O)O. The van der Waals surface area contributed by atoms with Gasteiger partial charge in [-0.2, -0.15) is 0 Å². The maximum Gasteiger partial charge on any atom is 0.322 e. The third kappa shape index (κ3) is 5.87. The number of nitrogens with zero attached hydrogens (tertiary/aromatic N) is 3. The van der Waals surface area contributed by atoms with Gasteiger partial charge in [0.25, 0.3) is 0 Å².